The minimum Gasteiger partial charge on any atom is -0.380 e. The summed E-state index contributed by atoms with van der Waals surface area (Å²) in [6.45, 7) is 3.74. The van der Waals surface area contributed by atoms with Crippen molar-refractivity contribution in [3.8, 4) is 0 Å². The molecule has 3 heteroatoms. The molecule has 108 valence electrons. The van der Waals surface area contributed by atoms with Crippen molar-refractivity contribution in [3.63, 3.8) is 0 Å². The number of nitrogens with one attached hydrogen (secondary N) is 1. The second-order valence-electron chi connectivity index (χ2n) is 6.13. The molecule has 0 radical (unpaired) electrons. The largest absolute Gasteiger partial charge is 0.380 e. The van der Waals surface area contributed by atoms with Crippen molar-refractivity contribution in [2.45, 2.75) is 44.9 Å². The van der Waals surface area contributed by atoms with Crippen molar-refractivity contribution >= 4 is 11.6 Å². The van der Waals surface area contributed by atoms with Crippen molar-refractivity contribution in [1.29, 1.82) is 0 Å². The van der Waals surface area contributed by atoms with Gasteiger partial charge in [0.2, 0.25) is 5.91 Å². The number of hydrogen-bond donors (Lipinski definition) is 1. The van der Waals surface area contributed by atoms with E-state index in [9.17, 15) is 4.79 Å². The summed E-state index contributed by atoms with van der Waals surface area (Å²) in [4.78, 5) is 12.3. The molecule has 3 rings (SSSR count). The average molecular weight is 273 g/mol. The van der Waals surface area contributed by atoms with E-state index in [1.807, 2.05) is 6.07 Å². The Labute approximate surface area is 120 Å². The van der Waals surface area contributed by atoms with Gasteiger partial charge in [-0.15, -0.1) is 0 Å². The molecule has 1 amide bonds. The first-order chi connectivity index (χ1) is 9.74. The molecular weight excluding hydrogens is 250 g/mol. The van der Waals surface area contributed by atoms with Crippen LogP contribution in [0.15, 0.2) is 18.2 Å². The fourth-order valence-electron chi connectivity index (χ4n) is 3.18. The molecule has 1 aliphatic heterocycles. The number of aryl methyl sites for hydroxylation is 1. The van der Waals surface area contributed by atoms with E-state index in [2.05, 4.69) is 24.4 Å². The zero-order valence-electron chi connectivity index (χ0n) is 12.2. The minimum atomic E-state index is 0.198. The topological polar surface area (TPSA) is 38.3 Å². The summed E-state index contributed by atoms with van der Waals surface area (Å²) < 4.78 is 5.27. The van der Waals surface area contributed by atoms with Gasteiger partial charge in [-0.3, -0.25) is 4.79 Å². The molecule has 0 bridgehead atoms. The smallest absolute Gasteiger partial charge is 0.227 e. The predicted octanol–water partition coefficient (Wildman–Crippen LogP) is 3.63. The molecule has 1 saturated heterocycles. The van der Waals surface area contributed by atoms with Gasteiger partial charge < -0.3 is 10.1 Å². The van der Waals surface area contributed by atoms with Crippen molar-refractivity contribution in [3.05, 3.63) is 29.3 Å². The molecule has 1 aromatic carbocycles. The Morgan fingerprint density at radius 3 is 2.60 bits per heavy atom. The zero-order chi connectivity index (χ0) is 13.9. The molecular formula is C17H23NO2. The molecule has 3 nitrogen and oxygen atoms in total. The predicted molar refractivity (Wildman–Crippen MR) is 79.9 cm³/mol. The number of ether oxygens (including phenoxy) is 1. The molecule has 0 atom stereocenters. The lowest BCUT2D eigenvalue weighted by molar-refractivity contribution is -0.120. The van der Waals surface area contributed by atoms with Crippen LogP contribution in [-0.4, -0.2) is 19.1 Å². The van der Waals surface area contributed by atoms with E-state index >= 15 is 0 Å². The van der Waals surface area contributed by atoms with Gasteiger partial charge in [0.25, 0.3) is 0 Å². The van der Waals surface area contributed by atoms with Crippen LogP contribution in [0.1, 0.15) is 49.1 Å². The summed E-state index contributed by atoms with van der Waals surface area (Å²) in [5.41, 5.74) is 3.54. The van der Waals surface area contributed by atoms with E-state index < -0.39 is 0 Å². The van der Waals surface area contributed by atoms with Crippen LogP contribution in [0.5, 0.6) is 0 Å². The Hall–Kier alpha value is -1.35. The van der Waals surface area contributed by atoms with Gasteiger partial charge >= 0.3 is 0 Å². The monoisotopic (exact) mass is 273 g/mol. The van der Waals surface area contributed by atoms with Gasteiger partial charge in [-0.25, -0.2) is 0 Å². The van der Waals surface area contributed by atoms with E-state index in [1.54, 1.807) is 0 Å². The number of carbonyl (C=O) groups is 1. The Balaban J connectivity index is 1.68. The van der Waals surface area contributed by atoms with Gasteiger partial charge in [-0.1, -0.05) is 25.3 Å². The maximum absolute atomic E-state index is 12.3. The van der Waals surface area contributed by atoms with Gasteiger partial charge in [0.05, 0.1) is 13.2 Å². The van der Waals surface area contributed by atoms with Crippen LogP contribution < -0.4 is 5.32 Å². The Bertz CT molecular complexity index is 488. The second-order valence-corrected chi connectivity index (χ2v) is 6.13. The lowest BCUT2D eigenvalue weighted by atomic mass is 9.88. The van der Waals surface area contributed by atoms with Gasteiger partial charge in [0.1, 0.15) is 0 Å². The number of carbonyl (C=O) groups excluding carboxylic acids is 1. The number of rotatable bonds is 3. The molecule has 20 heavy (non-hydrogen) atoms. The van der Waals surface area contributed by atoms with Crippen LogP contribution in [0.3, 0.4) is 0 Å². The highest BCUT2D eigenvalue weighted by molar-refractivity contribution is 5.92. The Kier molecular flexibility index (Phi) is 4.06. The normalized spacial score (nSPS) is 20.4. The highest BCUT2D eigenvalue weighted by Crippen LogP contribution is 2.30. The van der Waals surface area contributed by atoms with Crippen molar-refractivity contribution < 1.29 is 9.53 Å². The summed E-state index contributed by atoms with van der Waals surface area (Å²) in [5.74, 6) is 0.909. The highest BCUT2D eigenvalue weighted by Gasteiger charge is 2.24. The van der Waals surface area contributed by atoms with Crippen LogP contribution in [0.25, 0.3) is 0 Å². The first kappa shape index (κ1) is 13.6. The van der Waals surface area contributed by atoms with Crippen LogP contribution >= 0.6 is 0 Å². The molecule has 1 aliphatic carbocycles. The first-order valence-corrected chi connectivity index (χ1v) is 7.73. The number of benzene rings is 1. The quantitative estimate of drug-likeness (QED) is 0.913. The summed E-state index contributed by atoms with van der Waals surface area (Å²) in [6, 6.07) is 6.24. The van der Waals surface area contributed by atoms with E-state index in [0.29, 0.717) is 5.92 Å². The Morgan fingerprint density at radius 1 is 1.20 bits per heavy atom. The number of anilines is 1. The second kappa shape index (κ2) is 5.96. The van der Waals surface area contributed by atoms with Gasteiger partial charge in [-0.2, -0.15) is 0 Å². The van der Waals surface area contributed by atoms with Gasteiger partial charge in [0.15, 0.2) is 0 Å². The third-order valence-electron chi connectivity index (χ3n) is 4.60. The Morgan fingerprint density at radius 2 is 1.95 bits per heavy atom. The number of hydrogen-bond acceptors (Lipinski definition) is 2. The molecule has 1 aromatic rings. The molecule has 1 heterocycles. The highest BCUT2D eigenvalue weighted by atomic mass is 16.5. The number of amides is 1. The molecule has 2 aliphatic rings. The first-order valence-electron chi connectivity index (χ1n) is 7.73. The molecule has 1 N–H and O–H groups in total. The summed E-state index contributed by atoms with van der Waals surface area (Å²) in [6.07, 6.45) is 5.75. The van der Waals surface area contributed by atoms with Crippen LogP contribution in [0.4, 0.5) is 5.69 Å². The fourth-order valence-corrected chi connectivity index (χ4v) is 3.18. The molecule has 1 saturated carbocycles. The average Bonchev–Trinajstić information content (AvgIpc) is 2.41. The van der Waals surface area contributed by atoms with Crippen molar-refractivity contribution in [2.75, 3.05) is 18.5 Å². The van der Waals surface area contributed by atoms with E-state index in [1.165, 1.54) is 30.4 Å². The maximum Gasteiger partial charge on any atom is 0.227 e. The molecule has 2 fully saturated rings. The summed E-state index contributed by atoms with van der Waals surface area (Å²) in [7, 11) is 0. The van der Waals surface area contributed by atoms with Gasteiger partial charge in [-0.05, 0) is 43.0 Å². The molecule has 0 unspecified atom stereocenters. The molecule has 0 spiro atoms. The lowest BCUT2D eigenvalue weighted by Crippen LogP contribution is -2.27. The fraction of sp³-hybridized carbons (Fsp3) is 0.588. The van der Waals surface area contributed by atoms with Crippen molar-refractivity contribution in [1.82, 2.24) is 0 Å². The van der Waals surface area contributed by atoms with E-state index in [0.717, 1.165) is 31.7 Å². The summed E-state index contributed by atoms with van der Waals surface area (Å²) >= 11 is 0. The van der Waals surface area contributed by atoms with E-state index in [-0.39, 0.29) is 11.8 Å². The molecule has 0 aromatic heterocycles. The summed E-state index contributed by atoms with van der Waals surface area (Å²) in [5, 5.41) is 3.10. The van der Waals surface area contributed by atoms with E-state index in [4.69, 9.17) is 4.74 Å². The minimum absolute atomic E-state index is 0.198. The lowest BCUT2D eigenvalue weighted by Gasteiger charge is -2.28. The SMILES string of the molecule is Cc1ccc(NC(=O)C2CCCCC2)cc1C1COC1. The standard InChI is InChI=1S/C17H23NO2/c1-12-7-8-15(9-16(12)14-10-20-11-14)18-17(19)13-5-3-2-4-6-13/h7-9,13-14H,2-6,10-11H2,1H3,(H,18,19). The maximum atomic E-state index is 12.3. The van der Waals surface area contributed by atoms with Crippen LogP contribution in [0, 0.1) is 12.8 Å². The third kappa shape index (κ3) is 2.88. The van der Waals surface area contributed by atoms with Gasteiger partial charge in [0, 0.05) is 17.5 Å². The van der Waals surface area contributed by atoms with Crippen molar-refractivity contribution in [2.24, 2.45) is 5.92 Å². The zero-order valence-corrected chi connectivity index (χ0v) is 12.2. The van der Waals surface area contributed by atoms with Crippen LogP contribution in [-0.2, 0) is 9.53 Å². The van der Waals surface area contributed by atoms with Crippen LogP contribution in [0.2, 0.25) is 0 Å². The third-order valence-corrected chi connectivity index (χ3v) is 4.60.